The second-order valence-electron chi connectivity index (χ2n) is 1.74. The predicted octanol–water partition coefficient (Wildman–Crippen LogP) is -0.594. The minimum absolute atomic E-state index is 0.723. The fraction of sp³-hybridized carbons (Fsp3) is 0.600. The van der Waals surface area contributed by atoms with Crippen molar-refractivity contribution >= 4 is 0 Å². The molecule has 0 radical (unpaired) electrons. The highest BCUT2D eigenvalue weighted by Gasteiger charge is 1.94. The SMILES string of the molecule is NC1=COCCNC1. The molecule has 8 heavy (non-hydrogen) atoms. The average molecular weight is 114 g/mol. The van der Waals surface area contributed by atoms with E-state index in [1.54, 1.807) is 6.26 Å². The lowest BCUT2D eigenvalue weighted by Gasteiger charge is -1.94. The zero-order chi connectivity index (χ0) is 5.82. The van der Waals surface area contributed by atoms with Gasteiger partial charge in [-0.15, -0.1) is 0 Å². The molecule has 0 saturated heterocycles. The molecule has 0 atom stereocenters. The molecule has 3 heteroatoms. The monoisotopic (exact) mass is 114 g/mol. The van der Waals surface area contributed by atoms with Crippen LogP contribution in [0.25, 0.3) is 0 Å². The first-order chi connectivity index (χ1) is 3.89. The smallest absolute Gasteiger partial charge is 0.103 e. The van der Waals surface area contributed by atoms with Gasteiger partial charge in [-0.05, 0) is 0 Å². The summed E-state index contributed by atoms with van der Waals surface area (Å²) in [4.78, 5) is 0. The fourth-order valence-corrected chi connectivity index (χ4v) is 0.571. The maximum absolute atomic E-state index is 5.41. The van der Waals surface area contributed by atoms with Gasteiger partial charge in [-0.1, -0.05) is 0 Å². The van der Waals surface area contributed by atoms with Crippen molar-refractivity contribution in [3.8, 4) is 0 Å². The molecule has 0 aliphatic carbocycles. The van der Waals surface area contributed by atoms with Gasteiger partial charge in [0.1, 0.15) is 6.26 Å². The molecule has 0 spiro atoms. The Morgan fingerprint density at radius 1 is 1.75 bits per heavy atom. The van der Waals surface area contributed by atoms with Gasteiger partial charge in [0.25, 0.3) is 0 Å². The van der Waals surface area contributed by atoms with E-state index in [1.807, 2.05) is 0 Å². The molecule has 1 rings (SSSR count). The Balaban J connectivity index is 2.36. The summed E-state index contributed by atoms with van der Waals surface area (Å²) in [5.74, 6) is 0. The molecule has 3 nitrogen and oxygen atoms in total. The van der Waals surface area contributed by atoms with Crippen LogP contribution in [0.15, 0.2) is 12.0 Å². The van der Waals surface area contributed by atoms with E-state index in [0.717, 1.165) is 25.4 Å². The molecule has 0 fully saturated rings. The standard InChI is InChI=1S/C5H10N2O/c6-5-3-7-1-2-8-4-5/h4,7H,1-3,6H2. The summed E-state index contributed by atoms with van der Waals surface area (Å²) in [6, 6.07) is 0. The Morgan fingerprint density at radius 2 is 2.62 bits per heavy atom. The van der Waals surface area contributed by atoms with Gasteiger partial charge in [-0.3, -0.25) is 0 Å². The van der Waals surface area contributed by atoms with Crippen molar-refractivity contribution in [2.45, 2.75) is 0 Å². The maximum atomic E-state index is 5.41. The van der Waals surface area contributed by atoms with Gasteiger partial charge in [-0.25, -0.2) is 0 Å². The molecule has 0 aromatic heterocycles. The second kappa shape index (κ2) is 2.57. The summed E-state index contributed by atoms with van der Waals surface area (Å²) in [5.41, 5.74) is 6.17. The lowest BCUT2D eigenvalue weighted by atomic mass is 10.5. The van der Waals surface area contributed by atoms with E-state index in [0.29, 0.717) is 0 Å². The van der Waals surface area contributed by atoms with E-state index in [2.05, 4.69) is 5.32 Å². The third-order valence-electron chi connectivity index (χ3n) is 0.961. The third-order valence-corrected chi connectivity index (χ3v) is 0.961. The summed E-state index contributed by atoms with van der Waals surface area (Å²) < 4.78 is 4.96. The average Bonchev–Trinajstić information content (AvgIpc) is 1.94. The molecule has 1 heterocycles. The molecule has 0 saturated carbocycles. The van der Waals surface area contributed by atoms with E-state index < -0.39 is 0 Å². The first kappa shape index (κ1) is 5.44. The van der Waals surface area contributed by atoms with Crippen LogP contribution >= 0.6 is 0 Å². The van der Waals surface area contributed by atoms with Gasteiger partial charge in [0.05, 0.1) is 12.3 Å². The fourth-order valence-electron chi connectivity index (χ4n) is 0.571. The number of nitrogens with two attached hydrogens (primary N) is 1. The van der Waals surface area contributed by atoms with Crippen molar-refractivity contribution < 1.29 is 4.74 Å². The van der Waals surface area contributed by atoms with Crippen LogP contribution in [0.1, 0.15) is 0 Å². The Bertz CT molecular complexity index is 101. The molecule has 46 valence electrons. The highest BCUT2D eigenvalue weighted by Crippen LogP contribution is 1.86. The van der Waals surface area contributed by atoms with Crippen molar-refractivity contribution in [1.82, 2.24) is 5.32 Å². The number of nitrogens with one attached hydrogen (secondary N) is 1. The van der Waals surface area contributed by atoms with Crippen LogP contribution in [0, 0.1) is 0 Å². The molecular weight excluding hydrogens is 104 g/mol. The molecule has 3 N–H and O–H groups in total. The lowest BCUT2D eigenvalue weighted by Crippen LogP contribution is -2.21. The van der Waals surface area contributed by atoms with Gasteiger partial charge < -0.3 is 15.8 Å². The van der Waals surface area contributed by atoms with Crippen LogP contribution in [0.5, 0.6) is 0 Å². The Morgan fingerprint density at radius 3 is 3.50 bits per heavy atom. The quantitative estimate of drug-likeness (QED) is 0.442. The Kier molecular flexibility index (Phi) is 1.75. The van der Waals surface area contributed by atoms with E-state index >= 15 is 0 Å². The van der Waals surface area contributed by atoms with E-state index in [4.69, 9.17) is 10.5 Å². The van der Waals surface area contributed by atoms with Gasteiger partial charge in [-0.2, -0.15) is 0 Å². The minimum Gasteiger partial charge on any atom is -0.498 e. The van der Waals surface area contributed by atoms with Gasteiger partial charge in [0, 0.05) is 13.1 Å². The summed E-state index contributed by atoms with van der Waals surface area (Å²) >= 11 is 0. The zero-order valence-corrected chi connectivity index (χ0v) is 4.68. The van der Waals surface area contributed by atoms with Crippen LogP contribution in [-0.4, -0.2) is 19.7 Å². The van der Waals surface area contributed by atoms with E-state index in [9.17, 15) is 0 Å². The largest absolute Gasteiger partial charge is 0.498 e. The molecule has 0 unspecified atom stereocenters. The molecule has 0 amide bonds. The summed E-state index contributed by atoms with van der Waals surface area (Å²) in [6.45, 7) is 2.36. The molecule has 0 aromatic carbocycles. The van der Waals surface area contributed by atoms with Crippen molar-refractivity contribution in [1.29, 1.82) is 0 Å². The lowest BCUT2D eigenvalue weighted by molar-refractivity contribution is 0.256. The van der Waals surface area contributed by atoms with Gasteiger partial charge in [0.2, 0.25) is 0 Å². The van der Waals surface area contributed by atoms with E-state index in [1.165, 1.54) is 0 Å². The van der Waals surface area contributed by atoms with Gasteiger partial charge >= 0.3 is 0 Å². The van der Waals surface area contributed by atoms with Crippen LogP contribution in [0.4, 0.5) is 0 Å². The summed E-state index contributed by atoms with van der Waals surface area (Å²) in [5, 5.41) is 3.08. The first-order valence-electron chi connectivity index (χ1n) is 2.66. The Hall–Kier alpha value is -0.700. The minimum atomic E-state index is 0.723. The Labute approximate surface area is 48.5 Å². The van der Waals surface area contributed by atoms with E-state index in [-0.39, 0.29) is 0 Å². The number of ether oxygens (including phenoxy) is 1. The predicted molar refractivity (Wildman–Crippen MR) is 31.1 cm³/mol. The second-order valence-corrected chi connectivity index (χ2v) is 1.74. The zero-order valence-electron chi connectivity index (χ0n) is 4.68. The summed E-state index contributed by atoms with van der Waals surface area (Å²) in [6.07, 6.45) is 1.60. The number of rotatable bonds is 0. The van der Waals surface area contributed by atoms with Crippen LogP contribution < -0.4 is 11.1 Å². The van der Waals surface area contributed by atoms with Gasteiger partial charge in [0.15, 0.2) is 0 Å². The third kappa shape index (κ3) is 1.42. The first-order valence-corrected chi connectivity index (χ1v) is 2.66. The van der Waals surface area contributed by atoms with Crippen molar-refractivity contribution in [3.63, 3.8) is 0 Å². The van der Waals surface area contributed by atoms with Crippen molar-refractivity contribution in [2.75, 3.05) is 19.7 Å². The molecule has 0 aromatic rings. The molecule has 1 aliphatic rings. The van der Waals surface area contributed by atoms with Crippen LogP contribution in [-0.2, 0) is 4.74 Å². The summed E-state index contributed by atoms with van der Waals surface area (Å²) in [7, 11) is 0. The van der Waals surface area contributed by atoms with Crippen LogP contribution in [0.3, 0.4) is 0 Å². The highest BCUT2D eigenvalue weighted by molar-refractivity contribution is 4.94. The van der Waals surface area contributed by atoms with Crippen LogP contribution in [0.2, 0.25) is 0 Å². The number of hydrogen-bond donors (Lipinski definition) is 2. The highest BCUT2D eigenvalue weighted by atomic mass is 16.5. The maximum Gasteiger partial charge on any atom is 0.103 e. The number of hydrogen-bond acceptors (Lipinski definition) is 3. The topological polar surface area (TPSA) is 47.3 Å². The van der Waals surface area contributed by atoms with Crippen molar-refractivity contribution in [2.24, 2.45) is 5.73 Å². The molecular formula is C5H10N2O. The molecule has 1 aliphatic heterocycles. The van der Waals surface area contributed by atoms with Crippen molar-refractivity contribution in [3.05, 3.63) is 12.0 Å². The molecule has 0 bridgehead atoms. The normalized spacial score (nSPS) is 20.8.